The molecule has 0 spiro atoms. The molecule has 1 saturated heterocycles. The highest BCUT2D eigenvalue weighted by Crippen LogP contribution is 2.23. The lowest BCUT2D eigenvalue weighted by Gasteiger charge is -2.33. The number of morpholine rings is 1. The topological polar surface area (TPSA) is 75.7 Å². The van der Waals surface area contributed by atoms with Crippen molar-refractivity contribution >= 4 is 15.9 Å². The molecular weight excluding hydrogens is 340 g/mol. The highest BCUT2D eigenvalue weighted by atomic mass is 32.2. The van der Waals surface area contributed by atoms with E-state index in [1.54, 1.807) is 17.0 Å². The average molecular weight is 360 g/mol. The number of carbonyl (C=O) groups excluding carboxylic acids is 1. The van der Waals surface area contributed by atoms with E-state index in [1.165, 1.54) is 19.2 Å². The first-order valence-electron chi connectivity index (χ1n) is 8.01. The summed E-state index contributed by atoms with van der Waals surface area (Å²) in [5.41, 5.74) is 1.50. The maximum Gasteiger partial charge on any atom is 0.254 e. The van der Waals surface area contributed by atoms with Gasteiger partial charge in [0.15, 0.2) is 0 Å². The van der Waals surface area contributed by atoms with E-state index in [-0.39, 0.29) is 16.9 Å². The van der Waals surface area contributed by atoms with Gasteiger partial charge in [-0.2, -0.15) is 0 Å². The summed E-state index contributed by atoms with van der Waals surface area (Å²) in [4.78, 5) is 14.6. The molecule has 0 radical (unpaired) electrons. The van der Waals surface area contributed by atoms with Gasteiger partial charge in [0, 0.05) is 12.1 Å². The molecule has 1 N–H and O–H groups in total. The molecule has 0 aliphatic carbocycles. The number of nitrogens with one attached hydrogen (secondary N) is 1. The molecule has 6 nitrogen and oxygen atoms in total. The number of amides is 1. The van der Waals surface area contributed by atoms with Gasteiger partial charge >= 0.3 is 0 Å². The Kier molecular flexibility index (Phi) is 5.17. The standard InChI is InChI=1S/C18H20N2O4S/c1-19-25(22,23)16-9-7-15(8-10-16)18(21)20-11-12-24-17(13-20)14-5-3-2-4-6-14/h2-10,17,19H,11-13H2,1H3/t17-/m0/s1. The highest BCUT2D eigenvalue weighted by molar-refractivity contribution is 7.89. The lowest BCUT2D eigenvalue weighted by atomic mass is 10.1. The molecule has 132 valence electrons. The van der Waals surface area contributed by atoms with Crippen molar-refractivity contribution in [2.45, 2.75) is 11.0 Å². The second-order valence-electron chi connectivity index (χ2n) is 5.75. The molecule has 0 bridgehead atoms. The van der Waals surface area contributed by atoms with E-state index in [4.69, 9.17) is 4.74 Å². The Morgan fingerprint density at radius 1 is 1.12 bits per heavy atom. The summed E-state index contributed by atoms with van der Waals surface area (Å²) in [6, 6.07) is 15.8. The van der Waals surface area contributed by atoms with Crippen molar-refractivity contribution in [1.82, 2.24) is 9.62 Å². The summed E-state index contributed by atoms with van der Waals surface area (Å²) in [5, 5.41) is 0. The van der Waals surface area contributed by atoms with Crippen LogP contribution in [0.15, 0.2) is 59.5 Å². The van der Waals surface area contributed by atoms with Crippen molar-refractivity contribution in [3.05, 3.63) is 65.7 Å². The van der Waals surface area contributed by atoms with Crippen molar-refractivity contribution in [2.75, 3.05) is 26.7 Å². The molecule has 2 aromatic carbocycles. The fraction of sp³-hybridized carbons (Fsp3) is 0.278. The van der Waals surface area contributed by atoms with Crippen LogP contribution in [0.1, 0.15) is 22.0 Å². The van der Waals surface area contributed by atoms with Crippen LogP contribution in [0, 0.1) is 0 Å². The molecule has 7 heteroatoms. The first kappa shape index (κ1) is 17.6. The van der Waals surface area contributed by atoms with Crippen LogP contribution in [-0.4, -0.2) is 46.0 Å². The Hall–Kier alpha value is -2.22. The van der Waals surface area contributed by atoms with Crippen LogP contribution in [0.5, 0.6) is 0 Å². The zero-order valence-corrected chi connectivity index (χ0v) is 14.7. The van der Waals surface area contributed by atoms with Gasteiger partial charge in [-0.25, -0.2) is 13.1 Å². The van der Waals surface area contributed by atoms with Gasteiger partial charge in [-0.15, -0.1) is 0 Å². The average Bonchev–Trinajstić information content (AvgIpc) is 2.68. The second kappa shape index (κ2) is 7.35. The summed E-state index contributed by atoms with van der Waals surface area (Å²) < 4.78 is 31.6. The van der Waals surface area contributed by atoms with Gasteiger partial charge in [-0.3, -0.25) is 4.79 Å². The van der Waals surface area contributed by atoms with E-state index in [9.17, 15) is 13.2 Å². The molecule has 1 atom stereocenters. The highest BCUT2D eigenvalue weighted by Gasteiger charge is 2.26. The summed E-state index contributed by atoms with van der Waals surface area (Å²) in [5.74, 6) is -0.127. The van der Waals surface area contributed by atoms with Crippen molar-refractivity contribution < 1.29 is 17.9 Å². The van der Waals surface area contributed by atoms with Crippen molar-refractivity contribution in [1.29, 1.82) is 0 Å². The molecule has 1 heterocycles. The number of carbonyl (C=O) groups is 1. The maximum atomic E-state index is 12.7. The molecule has 0 saturated carbocycles. The lowest BCUT2D eigenvalue weighted by molar-refractivity contribution is -0.0228. The van der Waals surface area contributed by atoms with Gasteiger partial charge in [-0.05, 0) is 36.9 Å². The lowest BCUT2D eigenvalue weighted by Crippen LogP contribution is -2.42. The Balaban J connectivity index is 1.74. The van der Waals surface area contributed by atoms with Crippen molar-refractivity contribution in [3.8, 4) is 0 Å². The Labute approximate surface area is 147 Å². The Morgan fingerprint density at radius 2 is 1.80 bits per heavy atom. The summed E-state index contributed by atoms with van der Waals surface area (Å²) >= 11 is 0. The predicted octanol–water partition coefficient (Wildman–Crippen LogP) is 1.81. The smallest absolute Gasteiger partial charge is 0.254 e. The molecule has 1 aliphatic heterocycles. The molecule has 0 unspecified atom stereocenters. The quantitative estimate of drug-likeness (QED) is 0.902. The first-order valence-corrected chi connectivity index (χ1v) is 9.49. The monoisotopic (exact) mass is 360 g/mol. The molecule has 1 amide bonds. The fourth-order valence-corrected chi connectivity index (χ4v) is 3.51. The van der Waals surface area contributed by atoms with Gasteiger partial charge in [-0.1, -0.05) is 30.3 Å². The van der Waals surface area contributed by atoms with E-state index in [2.05, 4.69) is 4.72 Å². The third-order valence-corrected chi connectivity index (χ3v) is 5.64. The predicted molar refractivity (Wildman–Crippen MR) is 93.7 cm³/mol. The second-order valence-corrected chi connectivity index (χ2v) is 7.64. The van der Waals surface area contributed by atoms with Gasteiger partial charge in [0.1, 0.15) is 6.10 Å². The van der Waals surface area contributed by atoms with Gasteiger partial charge in [0.05, 0.1) is 18.0 Å². The first-order chi connectivity index (χ1) is 12.0. The third-order valence-electron chi connectivity index (χ3n) is 4.21. The van der Waals surface area contributed by atoms with Crippen LogP contribution in [0.2, 0.25) is 0 Å². The van der Waals surface area contributed by atoms with Crippen molar-refractivity contribution in [2.24, 2.45) is 0 Å². The van der Waals surface area contributed by atoms with Gasteiger partial charge in [0.25, 0.3) is 5.91 Å². The number of nitrogens with zero attached hydrogens (tertiary/aromatic N) is 1. The van der Waals surface area contributed by atoms with Gasteiger partial charge < -0.3 is 9.64 Å². The minimum Gasteiger partial charge on any atom is -0.370 e. The van der Waals surface area contributed by atoms with Gasteiger partial charge in [0.2, 0.25) is 10.0 Å². The van der Waals surface area contributed by atoms with Crippen LogP contribution >= 0.6 is 0 Å². The molecule has 3 rings (SSSR count). The third kappa shape index (κ3) is 3.89. The SMILES string of the molecule is CNS(=O)(=O)c1ccc(C(=O)N2CCO[C@H](c3ccccc3)C2)cc1. The zero-order chi connectivity index (χ0) is 17.9. The normalized spacial score (nSPS) is 18.1. The number of rotatable bonds is 4. The minimum atomic E-state index is -3.51. The molecular formula is C18H20N2O4S. The van der Waals surface area contributed by atoms with E-state index < -0.39 is 10.0 Å². The van der Waals surface area contributed by atoms with Crippen LogP contribution < -0.4 is 4.72 Å². The number of hydrogen-bond acceptors (Lipinski definition) is 4. The van der Waals surface area contributed by atoms with E-state index in [0.717, 1.165) is 5.56 Å². The molecule has 1 fully saturated rings. The van der Waals surface area contributed by atoms with Crippen LogP contribution in [0.25, 0.3) is 0 Å². The number of sulfonamides is 1. The van der Waals surface area contributed by atoms with Crippen LogP contribution in [0.3, 0.4) is 0 Å². The zero-order valence-electron chi connectivity index (χ0n) is 13.9. The molecule has 25 heavy (non-hydrogen) atoms. The van der Waals surface area contributed by atoms with E-state index >= 15 is 0 Å². The Bertz CT molecular complexity index is 835. The fourth-order valence-electron chi connectivity index (χ4n) is 2.78. The van der Waals surface area contributed by atoms with E-state index in [0.29, 0.717) is 25.3 Å². The van der Waals surface area contributed by atoms with Crippen LogP contribution in [-0.2, 0) is 14.8 Å². The minimum absolute atomic E-state index is 0.127. The molecule has 1 aliphatic rings. The Morgan fingerprint density at radius 3 is 2.44 bits per heavy atom. The number of ether oxygens (including phenoxy) is 1. The van der Waals surface area contributed by atoms with Crippen LogP contribution in [0.4, 0.5) is 0 Å². The summed E-state index contributed by atoms with van der Waals surface area (Å²) in [6.07, 6.45) is -0.150. The number of benzene rings is 2. The molecule has 2 aromatic rings. The van der Waals surface area contributed by atoms with E-state index in [1.807, 2.05) is 30.3 Å². The summed E-state index contributed by atoms with van der Waals surface area (Å²) in [7, 11) is -2.15. The van der Waals surface area contributed by atoms with Crippen molar-refractivity contribution in [3.63, 3.8) is 0 Å². The number of hydrogen-bond donors (Lipinski definition) is 1. The summed E-state index contributed by atoms with van der Waals surface area (Å²) in [6.45, 7) is 1.45. The largest absolute Gasteiger partial charge is 0.370 e. The maximum absolute atomic E-state index is 12.7. The molecule has 0 aromatic heterocycles.